The molecule has 2 aliphatic heterocycles. The van der Waals surface area contributed by atoms with Crippen molar-refractivity contribution in [2.24, 2.45) is 5.92 Å². The largest absolute Gasteiger partial charge is 0.453 e. The van der Waals surface area contributed by atoms with Gasteiger partial charge in [0.05, 0.1) is 43.0 Å². The molecule has 61 heavy (non-hydrogen) atoms. The lowest BCUT2D eigenvalue weighted by Crippen LogP contribution is -2.51. The van der Waals surface area contributed by atoms with E-state index in [1.807, 2.05) is 54.2 Å². The number of likely N-dealkylation sites (N-methyl/N-ethyl adjacent to an activating group) is 1. The van der Waals surface area contributed by atoms with Gasteiger partial charge in [-0.05, 0) is 89.8 Å². The number of carbonyl (C=O) groups excluding carboxylic acids is 3. The number of nitrogens with one attached hydrogen (secondary N) is 3. The van der Waals surface area contributed by atoms with Gasteiger partial charge in [-0.15, -0.1) is 0 Å². The molecule has 3 N–H and O–H groups in total. The number of H-pyrrole nitrogens is 2. The van der Waals surface area contributed by atoms with E-state index < -0.39 is 12.1 Å². The van der Waals surface area contributed by atoms with Crippen molar-refractivity contribution in [1.82, 2.24) is 40.0 Å². The van der Waals surface area contributed by atoms with Gasteiger partial charge in [-0.1, -0.05) is 107 Å². The van der Waals surface area contributed by atoms with Gasteiger partial charge in [0.2, 0.25) is 11.8 Å². The molecule has 0 spiro atoms. The van der Waals surface area contributed by atoms with Crippen LogP contribution in [0.2, 0.25) is 0 Å². The highest BCUT2D eigenvalue weighted by Crippen LogP contribution is 2.37. The molecule has 0 saturated carbocycles. The molecule has 4 atom stereocenters. The Morgan fingerprint density at radius 1 is 0.721 bits per heavy atom. The molecule has 0 radical (unpaired) electrons. The lowest BCUT2D eigenvalue weighted by molar-refractivity contribution is -0.138. The van der Waals surface area contributed by atoms with Crippen molar-refractivity contribution >= 4 is 28.7 Å². The SMILES string of the molecule is CCN(CC)C(C(=O)N1CCCC1c1ncc(-c2ccc3cc(-c4ccc(-c5cnc(C6CCCN6C(=O)C(NC(=O)OC)C(C)C)[nH]5)cc4)ccc3c2)[nH]1)c1ccccc1. The number of amides is 3. The van der Waals surface area contributed by atoms with Crippen LogP contribution in [0.3, 0.4) is 0 Å². The summed E-state index contributed by atoms with van der Waals surface area (Å²) in [6, 6.07) is 30.3. The molecule has 2 fully saturated rings. The number of nitrogens with zero attached hydrogens (tertiary/aromatic N) is 5. The number of hydrogen-bond acceptors (Lipinski definition) is 7. The number of ether oxygens (including phenoxy) is 1. The van der Waals surface area contributed by atoms with E-state index in [0.29, 0.717) is 6.54 Å². The minimum Gasteiger partial charge on any atom is -0.453 e. The zero-order chi connectivity index (χ0) is 42.6. The zero-order valence-electron chi connectivity index (χ0n) is 35.7. The number of likely N-dealkylation sites (tertiary alicyclic amines) is 2. The number of aromatic amines is 2. The Balaban J connectivity index is 0.947. The fourth-order valence-electron chi connectivity index (χ4n) is 9.14. The Morgan fingerprint density at radius 3 is 1.82 bits per heavy atom. The van der Waals surface area contributed by atoms with Crippen LogP contribution < -0.4 is 5.32 Å². The number of methoxy groups -OCH3 is 1. The maximum atomic E-state index is 14.3. The van der Waals surface area contributed by atoms with Gasteiger partial charge >= 0.3 is 6.09 Å². The summed E-state index contributed by atoms with van der Waals surface area (Å²) in [5, 5.41) is 4.97. The van der Waals surface area contributed by atoms with Crippen molar-refractivity contribution in [2.75, 3.05) is 33.3 Å². The predicted octanol–water partition coefficient (Wildman–Crippen LogP) is 9.08. The van der Waals surface area contributed by atoms with Gasteiger partial charge in [-0.3, -0.25) is 14.5 Å². The van der Waals surface area contributed by atoms with Crippen LogP contribution in [0.4, 0.5) is 4.79 Å². The van der Waals surface area contributed by atoms with E-state index in [0.717, 1.165) is 107 Å². The van der Waals surface area contributed by atoms with Gasteiger partial charge in [0.1, 0.15) is 23.7 Å². The monoisotopic (exact) mass is 820 g/mol. The van der Waals surface area contributed by atoms with Crippen LogP contribution in [-0.2, 0) is 14.3 Å². The van der Waals surface area contributed by atoms with E-state index in [-0.39, 0.29) is 35.9 Å². The first kappa shape index (κ1) is 41.5. The fraction of sp³-hybridized carbons (Fsp3) is 0.367. The van der Waals surface area contributed by atoms with Crippen LogP contribution in [0.1, 0.15) is 88.7 Å². The summed E-state index contributed by atoms with van der Waals surface area (Å²) < 4.78 is 4.78. The number of hydrogen-bond donors (Lipinski definition) is 3. The van der Waals surface area contributed by atoms with Crippen molar-refractivity contribution in [2.45, 2.75) is 77.5 Å². The summed E-state index contributed by atoms with van der Waals surface area (Å²) in [6.45, 7) is 11.0. The number of carbonyl (C=O) groups is 3. The average molecular weight is 821 g/mol. The molecule has 2 aliphatic rings. The minimum atomic E-state index is -0.679. The van der Waals surface area contributed by atoms with Gasteiger partial charge < -0.3 is 29.8 Å². The van der Waals surface area contributed by atoms with E-state index in [4.69, 9.17) is 14.7 Å². The van der Waals surface area contributed by atoms with Gasteiger partial charge in [-0.2, -0.15) is 0 Å². The third kappa shape index (κ3) is 8.54. The Kier molecular flexibility index (Phi) is 12.3. The Hall–Kier alpha value is -6.27. The molecule has 6 aromatic rings. The number of aromatic nitrogens is 4. The van der Waals surface area contributed by atoms with E-state index in [9.17, 15) is 14.4 Å². The molecule has 12 heteroatoms. The number of alkyl carbamates (subject to hydrolysis) is 1. The average Bonchev–Trinajstić information content (AvgIpc) is 4.14. The first-order valence-electron chi connectivity index (χ1n) is 21.7. The highest BCUT2D eigenvalue weighted by Gasteiger charge is 2.39. The number of benzene rings is 4. The van der Waals surface area contributed by atoms with Crippen molar-refractivity contribution < 1.29 is 19.1 Å². The van der Waals surface area contributed by atoms with Gasteiger partial charge in [-0.25, -0.2) is 14.8 Å². The van der Waals surface area contributed by atoms with Gasteiger partial charge in [0.25, 0.3) is 0 Å². The molecule has 0 bridgehead atoms. The van der Waals surface area contributed by atoms with E-state index in [1.165, 1.54) is 7.11 Å². The minimum absolute atomic E-state index is 0.0954. The maximum absolute atomic E-state index is 14.3. The van der Waals surface area contributed by atoms with Crippen molar-refractivity contribution in [3.8, 4) is 33.6 Å². The van der Waals surface area contributed by atoms with Crippen molar-refractivity contribution in [3.05, 3.63) is 121 Å². The lowest BCUT2D eigenvalue weighted by atomic mass is 9.98. The Morgan fingerprint density at radius 2 is 1.25 bits per heavy atom. The summed E-state index contributed by atoms with van der Waals surface area (Å²) in [4.78, 5) is 62.6. The summed E-state index contributed by atoms with van der Waals surface area (Å²) in [6.07, 6.45) is 6.58. The molecular weight excluding hydrogens is 765 g/mol. The highest BCUT2D eigenvalue weighted by atomic mass is 16.5. The smallest absolute Gasteiger partial charge is 0.407 e. The molecule has 4 unspecified atom stereocenters. The van der Waals surface area contributed by atoms with Crippen LogP contribution in [-0.4, -0.2) is 91.9 Å². The van der Waals surface area contributed by atoms with Crippen LogP contribution in [0.15, 0.2) is 103 Å². The third-order valence-corrected chi connectivity index (χ3v) is 12.5. The fourth-order valence-corrected chi connectivity index (χ4v) is 9.14. The molecule has 3 amide bonds. The third-order valence-electron chi connectivity index (χ3n) is 12.5. The maximum Gasteiger partial charge on any atom is 0.407 e. The van der Waals surface area contributed by atoms with Crippen molar-refractivity contribution in [1.29, 1.82) is 0 Å². The van der Waals surface area contributed by atoms with Crippen LogP contribution in [0.25, 0.3) is 44.4 Å². The first-order valence-corrected chi connectivity index (χ1v) is 21.7. The Labute approximate surface area is 357 Å². The van der Waals surface area contributed by atoms with Crippen LogP contribution in [0.5, 0.6) is 0 Å². The standard InChI is InChI=1S/C49H56N8O4/c1-6-55(7-2)44(34-13-9-8-10-14-34)48(59)57-26-12-16-42(57)46-51-30-40(53-46)38-24-23-36-27-35(21-22-37(36)28-38)32-17-19-33(20-18-32)39-29-50-45(52-39)41-15-11-25-56(41)47(58)43(31(3)4)54-49(60)61-5/h8-10,13-14,17-24,27-31,41-44H,6-7,11-12,15-16,25-26H2,1-5H3,(H,50,52)(H,51,53)(H,54,60). The molecule has 12 nitrogen and oxygen atoms in total. The summed E-state index contributed by atoms with van der Waals surface area (Å²) in [5.41, 5.74) is 7.11. The normalized spacial score (nSPS) is 17.6. The van der Waals surface area contributed by atoms with Gasteiger partial charge in [0.15, 0.2) is 0 Å². The molecule has 2 saturated heterocycles. The first-order chi connectivity index (χ1) is 29.7. The molecule has 8 rings (SSSR count). The second kappa shape index (κ2) is 18.1. The quantitative estimate of drug-likeness (QED) is 0.106. The predicted molar refractivity (Wildman–Crippen MR) is 238 cm³/mol. The summed E-state index contributed by atoms with van der Waals surface area (Å²) in [5.74, 6) is 1.48. The molecular formula is C49H56N8O4. The number of rotatable bonds is 13. The molecule has 316 valence electrons. The van der Waals surface area contributed by atoms with E-state index in [2.05, 4.69) is 107 Å². The second-order valence-corrected chi connectivity index (χ2v) is 16.5. The van der Waals surface area contributed by atoms with Crippen molar-refractivity contribution in [3.63, 3.8) is 0 Å². The Bertz CT molecular complexity index is 2470. The topological polar surface area (TPSA) is 140 Å². The van der Waals surface area contributed by atoms with Crippen LogP contribution >= 0.6 is 0 Å². The second-order valence-electron chi connectivity index (χ2n) is 16.5. The molecule has 2 aromatic heterocycles. The summed E-state index contributed by atoms with van der Waals surface area (Å²) in [7, 11) is 1.30. The molecule has 4 aromatic carbocycles. The lowest BCUT2D eigenvalue weighted by Gasteiger charge is -2.34. The van der Waals surface area contributed by atoms with Crippen LogP contribution in [0, 0.1) is 5.92 Å². The number of imidazole rings is 2. The molecule has 4 heterocycles. The van der Waals surface area contributed by atoms with E-state index in [1.54, 1.807) is 0 Å². The highest BCUT2D eigenvalue weighted by molar-refractivity contribution is 5.91. The van der Waals surface area contributed by atoms with Gasteiger partial charge in [0, 0.05) is 18.7 Å². The molecule has 0 aliphatic carbocycles. The summed E-state index contributed by atoms with van der Waals surface area (Å²) >= 11 is 0. The number of fused-ring (bicyclic) bond motifs is 1. The zero-order valence-corrected chi connectivity index (χ0v) is 35.7. The van der Waals surface area contributed by atoms with E-state index >= 15 is 0 Å².